The highest BCUT2D eigenvalue weighted by Gasteiger charge is 2.26. The van der Waals surface area contributed by atoms with Gasteiger partial charge in [-0.05, 0) is 24.9 Å². The van der Waals surface area contributed by atoms with Gasteiger partial charge in [-0.25, -0.2) is 4.79 Å². The predicted molar refractivity (Wildman–Crippen MR) is 96.4 cm³/mol. The molecule has 1 fully saturated rings. The number of hydrogen-bond acceptors (Lipinski definition) is 6. The van der Waals surface area contributed by atoms with E-state index in [0.29, 0.717) is 0 Å². The van der Waals surface area contributed by atoms with Crippen molar-refractivity contribution in [3.8, 4) is 0 Å². The highest BCUT2D eigenvalue weighted by atomic mass is 32.2. The fourth-order valence-electron chi connectivity index (χ4n) is 2.30. The van der Waals surface area contributed by atoms with Crippen LogP contribution in [0.3, 0.4) is 0 Å². The number of hydrogen-bond donors (Lipinski definition) is 1. The normalized spacial score (nSPS) is 18.6. The Morgan fingerprint density at radius 3 is 2.83 bits per heavy atom. The van der Waals surface area contributed by atoms with Crippen molar-refractivity contribution < 1.29 is 14.3 Å². The van der Waals surface area contributed by atoms with Crippen molar-refractivity contribution >= 4 is 35.5 Å². The van der Waals surface area contributed by atoms with Crippen molar-refractivity contribution in [2.24, 2.45) is 0 Å². The van der Waals surface area contributed by atoms with Crippen molar-refractivity contribution in [2.75, 3.05) is 11.6 Å². The number of esters is 2. The van der Waals surface area contributed by atoms with E-state index in [1.54, 1.807) is 11.8 Å². The molecule has 0 saturated carbocycles. The van der Waals surface area contributed by atoms with Gasteiger partial charge in [0, 0.05) is 16.1 Å². The molecule has 0 bridgehead atoms. The molecule has 126 valence electrons. The zero-order chi connectivity index (χ0) is 16.5. The van der Waals surface area contributed by atoms with Gasteiger partial charge >= 0.3 is 11.9 Å². The van der Waals surface area contributed by atoms with Gasteiger partial charge in [-0.3, -0.25) is 4.79 Å². The SMILES string of the molecule is CC(CC(=O)OC(=O)[C@@H]1CCCN1)SCSCc1ccccc1. The molecule has 0 spiro atoms. The number of benzene rings is 1. The number of ether oxygens (including phenoxy) is 1. The van der Waals surface area contributed by atoms with Crippen LogP contribution >= 0.6 is 23.5 Å². The van der Waals surface area contributed by atoms with Gasteiger partial charge in [-0.2, -0.15) is 0 Å². The van der Waals surface area contributed by atoms with Crippen LogP contribution < -0.4 is 5.32 Å². The Labute approximate surface area is 146 Å². The van der Waals surface area contributed by atoms with Crippen LogP contribution in [-0.4, -0.2) is 34.9 Å². The number of carbonyl (C=O) groups is 2. The third-order valence-corrected chi connectivity index (χ3v) is 6.04. The third kappa shape index (κ3) is 6.97. The molecule has 2 rings (SSSR count). The summed E-state index contributed by atoms with van der Waals surface area (Å²) in [6.45, 7) is 2.81. The molecule has 1 aromatic rings. The van der Waals surface area contributed by atoms with E-state index in [4.69, 9.17) is 4.74 Å². The van der Waals surface area contributed by atoms with Crippen LogP contribution in [0.2, 0.25) is 0 Å². The fraction of sp³-hybridized carbons (Fsp3) is 0.529. The lowest BCUT2D eigenvalue weighted by Gasteiger charge is -2.12. The molecule has 1 aliphatic rings. The van der Waals surface area contributed by atoms with E-state index in [2.05, 4.69) is 17.4 Å². The van der Waals surface area contributed by atoms with Crippen molar-refractivity contribution in [2.45, 2.75) is 43.2 Å². The molecule has 1 heterocycles. The largest absolute Gasteiger partial charge is 0.392 e. The maximum atomic E-state index is 11.8. The number of thioether (sulfide) groups is 2. The lowest BCUT2D eigenvalue weighted by molar-refractivity contribution is -0.160. The van der Waals surface area contributed by atoms with E-state index < -0.39 is 11.9 Å². The summed E-state index contributed by atoms with van der Waals surface area (Å²) in [6, 6.07) is 10.0. The minimum atomic E-state index is -0.428. The first kappa shape index (κ1) is 18.4. The summed E-state index contributed by atoms with van der Waals surface area (Å²) in [5, 5.41) is 4.10. The van der Waals surface area contributed by atoms with Crippen molar-refractivity contribution in [3.63, 3.8) is 0 Å². The molecule has 6 heteroatoms. The van der Waals surface area contributed by atoms with E-state index in [1.165, 1.54) is 5.56 Å². The lowest BCUT2D eigenvalue weighted by atomic mass is 10.2. The molecule has 0 amide bonds. The zero-order valence-electron chi connectivity index (χ0n) is 13.3. The van der Waals surface area contributed by atoms with Gasteiger partial charge in [-0.15, -0.1) is 23.5 Å². The van der Waals surface area contributed by atoms with E-state index in [-0.39, 0.29) is 17.7 Å². The van der Waals surface area contributed by atoms with Crippen LogP contribution in [0.1, 0.15) is 31.7 Å². The average molecular weight is 354 g/mol. The van der Waals surface area contributed by atoms with Crippen molar-refractivity contribution in [1.29, 1.82) is 0 Å². The van der Waals surface area contributed by atoms with Crippen LogP contribution in [0.5, 0.6) is 0 Å². The second kappa shape index (κ2) is 10.0. The molecule has 1 N–H and O–H groups in total. The second-order valence-corrected chi connectivity index (χ2v) is 8.35. The third-order valence-electron chi connectivity index (χ3n) is 3.56. The van der Waals surface area contributed by atoms with Crippen LogP contribution in [-0.2, 0) is 20.1 Å². The Morgan fingerprint density at radius 1 is 1.35 bits per heavy atom. The summed E-state index contributed by atoms with van der Waals surface area (Å²) in [7, 11) is 0. The minimum absolute atomic E-state index is 0.148. The maximum Gasteiger partial charge on any atom is 0.330 e. The smallest absolute Gasteiger partial charge is 0.330 e. The summed E-state index contributed by atoms with van der Waals surface area (Å²) in [4.78, 5) is 23.5. The van der Waals surface area contributed by atoms with Gasteiger partial charge < -0.3 is 10.1 Å². The molecule has 0 radical (unpaired) electrons. The highest BCUT2D eigenvalue weighted by Crippen LogP contribution is 2.23. The average Bonchev–Trinajstić information content (AvgIpc) is 3.07. The molecule has 0 aromatic heterocycles. The van der Waals surface area contributed by atoms with Crippen LogP contribution in [0, 0.1) is 0 Å². The number of rotatable bonds is 8. The fourth-order valence-corrected chi connectivity index (χ4v) is 4.63. The zero-order valence-corrected chi connectivity index (χ0v) is 15.0. The molecule has 1 aliphatic heterocycles. The maximum absolute atomic E-state index is 11.8. The molecule has 2 atom stereocenters. The molecule has 0 aliphatic carbocycles. The standard InChI is InChI=1S/C17H23NO3S2/c1-13(23-12-22-11-14-6-3-2-4-7-14)10-16(19)21-17(20)15-8-5-9-18-15/h2-4,6-7,13,15,18H,5,8-12H2,1H3/t13?,15-/m0/s1. The topological polar surface area (TPSA) is 55.4 Å². The molecule has 1 aromatic carbocycles. The first-order valence-corrected chi connectivity index (χ1v) is 10.1. The van der Waals surface area contributed by atoms with Crippen molar-refractivity contribution in [3.05, 3.63) is 35.9 Å². The predicted octanol–water partition coefficient (Wildman–Crippen LogP) is 3.21. The van der Waals surface area contributed by atoms with E-state index in [1.807, 2.05) is 36.9 Å². The molecular weight excluding hydrogens is 330 g/mol. The minimum Gasteiger partial charge on any atom is -0.392 e. The Morgan fingerprint density at radius 2 is 2.13 bits per heavy atom. The quantitative estimate of drug-likeness (QED) is 0.335. The lowest BCUT2D eigenvalue weighted by Crippen LogP contribution is -2.34. The monoisotopic (exact) mass is 353 g/mol. The number of nitrogens with one attached hydrogen (secondary N) is 1. The van der Waals surface area contributed by atoms with Crippen LogP contribution in [0.15, 0.2) is 30.3 Å². The summed E-state index contributed by atoms with van der Waals surface area (Å²) >= 11 is 3.55. The Balaban J connectivity index is 1.57. The Kier molecular flexibility index (Phi) is 7.99. The molecule has 23 heavy (non-hydrogen) atoms. The van der Waals surface area contributed by atoms with Gasteiger partial charge in [-0.1, -0.05) is 37.3 Å². The Hall–Kier alpha value is -0.980. The van der Waals surface area contributed by atoms with Crippen LogP contribution in [0.4, 0.5) is 0 Å². The van der Waals surface area contributed by atoms with E-state index >= 15 is 0 Å². The Bertz CT molecular complexity index is 504. The van der Waals surface area contributed by atoms with Gasteiger partial charge in [0.2, 0.25) is 0 Å². The van der Waals surface area contributed by atoms with Gasteiger partial charge in [0.25, 0.3) is 0 Å². The molecule has 1 saturated heterocycles. The molecular formula is C17H23NO3S2. The van der Waals surface area contributed by atoms with E-state index in [0.717, 1.165) is 30.2 Å². The van der Waals surface area contributed by atoms with Gasteiger partial charge in [0.1, 0.15) is 6.04 Å². The summed E-state index contributed by atoms with van der Waals surface area (Å²) in [5.74, 6) is 0.122. The highest BCUT2D eigenvalue weighted by molar-refractivity contribution is 8.15. The summed E-state index contributed by atoms with van der Waals surface area (Å²) < 4.78 is 4.92. The van der Waals surface area contributed by atoms with Crippen molar-refractivity contribution in [1.82, 2.24) is 5.32 Å². The van der Waals surface area contributed by atoms with E-state index in [9.17, 15) is 9.59 Å². The van der Waals surface area contributed by atoms with Crippen LogP contribution in [0.25, 0.3) is 0 Å². The van der Waals surface area contributed by atoms with Gasteiger partial charge in [0.15, 0.2) is 0 Å². The first-order chi connectivity index (χ1) is 11.1. The summed E-state index contributed by atoms with van der Waals surface area (Å²) in [6.07, 6.45) is 1.99. The number of carbonyl (C=O) groups excluding carboxylic acids is 2. The second-order valence-electron chi connectivity index (χ2n) is 5.58. The first-order valence-electron chi connectivity index (χ1n) is 7.86. The molecule has 4 nitrogen and oxygen atoms in total. The van der Waals surface area contributed by atoms with Gasteiger partial charge in [0.05, 0.1) is 6.42 Å². The summed E-state index contributed by atoms with van der Waals surface area (Å²) in [5.41, 5.74) is 1.31. The molecule has 1 unspecified atom stereocenters.